The van der Waals surface area contributed by atoms with Gasteiger partial charge in [-0.25, -0.2) is 4.98 Å². The van der Waals surface area contributed by atoms with Gasteiger partial charge >= 0.3 is 0 Å². The van der Waals surface area contributed by atoms with Gasteiger partial charge in [-0.05, 0) is 36.1 Å². The fourth-order valence-corrected chi connectivity index (χ4v) is 6.85. The lowest BCUT2D eigenvalue weighted by Gasteiger charge is -2.44. The fraction of sp³-hybridized carbons (Fsp3) is 0.462. The van der Waals surface area contributed by atoms with E-state index in [1.807, 2.05) is 30.3 Å². The van der Waals surface area contributed by atoms with Crippen LogP contribution in [-0.4, -0.2) is 75.0 Å². The predicted molar refractivity (Wildman–Crippen MR) is 136 cm³/mol. The number of aliphatic hydroxyl groups is 3. The number of carbonyl (C=O) groups excluding carboxylic acids is 1. The molecular formula is C26H31N5O4S. The highest BCUT2D eigenvalue weighted by Gasteiger charge is 2.46. The average Bonchev–Trinajstić information content (AvgIpc) is 3.44. The third-order valence-electron chi connectivity index (χ3n) is 7.76. The van der Waals surface area contributed by atoms with Crippen LogP contribution in [0.15, 0.2) is 48.5 Å². The van der Waals surface area contributed by atoms with Crippen LogP contribution in [0.5, 0.6) is 0 Å². The number of para-hydroxylation sites is 1. The Bertz CT molecular complexity index is 1220. The van der Waals surface area contributed by atoms with E-state index in [9.17, 15) is 20.1 Å². The number of thiazole rings is 1. The third kappa shape index (κ3) is 4.32. The van der Waals surface area contributed by atoms with Crippen LogP contribution in [0.4, 0.5) is 0 Å². The minimum Gasteiger partial charge on any atom is -0.396 e. The summed E-state index contributed by atoms with van der Waals surface area (Å²) in [7, 11) is 0. The lowest BCUT2D eigenvalue weighted by molar-refractivity contribution is -0.130. The summed E-state index contributed by atoms with van der Waals surface area (Å²) in [6.07, 6.45) is -1.66. The highest BCUT2D eigenvalue weighted by Crippen LogP contribution is 2.33. The second kappa shape index (κ2) is 9.79. The lowest BCUT2D eigenvalue weighted by Crippen LogP contribution is -2.71. The maximum absolute atomic E-state index is 13.6. The van der Waals surface area contributed by atoms with Crippen molar-refractivity contribution >= 4 is 27.5 Å². The number of fused-ring (bicyclic) bond motifs is 2. The van der Waals surface area contributed by atoms with Gasteiger partial charge in [0.05, 0.1) is 28.6 Å². The molecule has 7 atom stereocenters. The van der Waals surface area contributed by atoms with Gasteiger partial charge in [-0.3, -0.25) is 20.3 Å². The number of benzene rings is 2. The zero-order valence-corrected chi connectivity index (χ0v) is 20.6. The Morgan fingerprint density at radius 3 is 2.64 bits per heavy atom. The molecule has 6 N–H and O–H groups in total. The third-order valence-corrected chi connectivity index (χ3v) is 8.88. The van der Waals surface area contributed by atoms with Crippen molar-refractivity contribution in [3.63, 3.8) is 0 Å². The van der Waals surface area contributed by atoms with E-state index in [4.69, 9.17) is 4.98 Å². The summed E-state index contributed by atoms with van der Waals surface area (Å²) in [6.45, 7) is 1.31. The van der Waals surface area contributed by atoms with E-state index >= 15 is 0 Å². The molecule has 2 aliphatic heterocycles. The molecule has 9 nitrogen and oxygen atoms in total. The summed E-state index contributed by atoms with van der Waals surface area (Å²) in [5.41, 5.74) is 3.42. The summed E-state index contributed by atoms with van der Waals surface area (Å²) in [5.74, 6) is -1.17. The van der Waals surface area contributed by atoms with E-state index in [1.54, 1.807) is 0 Å². The number of amides is 1. The summed E-state index contributed by atoms with van der Waals surface area (Å²) < 4.78 is 1.01. The Morgan fingerprint density at radius 1 is 1.08 bits per heavy atom. The zero-order chi connectivity index (χ0) is 24.8. The Labute approximate surface area is 213 Å². The Balaban J connectivity index is 1.29. The number of rotatable bonds is 5. The Morgan fingerprint density at radius 2 is 1.86 bits per heavy atom. The van der Waals surface area contributed by atoms with Gasteiger partial charge in [0.15, 0.2) is 0 Å². The lowest BCUT2D eigenvalue weighted by atomic mass is 9.98. The van der Waals surface area contributed by atoms with Crippen molar-refractivity contribution in [1.82, 2.24) is 25.8 Å². The topological polar surface area (TPSA) is 130 Å². The molecule has 6 rings (SSSR count). The molecule has 3 unspecified atom stereocenters. The van der Waals surface area contributed by atoms with Crippen LogP contribution in [0.3, 0.4) is 0 Å². The van der Waals surface area contributed by atoms with Crippen LogP contribution in [0.1, 0.15) is 28.5 Å². The number of nitrogens with zero attached hydrogens (tertiary/aromatic N) is 2. The molecule has 3 aromatic rings. The molecule has 1 amide bonds. The van der Waals surface area contributed by atoms with Crippen LogP contribution < -0.4 is 16.0 Å². The number of carbonyl (C=O) groups is 1. The molecule has 3 heterocycles. The van der Waals surface area contributed by atoms with E-state index in [0.717, 1.165) is 23.2 Å². The molecule has 2 aromatic carbocycles. The van der Waals surface area contributed by atoms with Crippen LogP contribution in [0.25, 0.3) is 10.2 Å². The molecule has 1 aliphatic carbocycles. The first-order valence-corrected chi connectivity index (χ1v) is 13.3. The molecule has 0 bridgehead atoms. The van der Waals surface area contributed by atoms with Gasteiger partial charge in [-0.1, -0.05) is 36.4 Å². The molecule has 36 heavy (non-hydrogen) atoms. The molecule has 0 radical (unpaired) electrons. The minimum absolute atomic E-state index is 0.138. The molecule has 10 heteroatoms. The van der Waals surface area contributed by atoms with E-state index in [0.29, 0.717) is 18.0 Å². The van der Waals surface area contributed by atoms with Crippen molar-refractivity contribution < 1.29 is 20.1 Å². The summed E-state index contributed by atoms with van der Waals surface area (Å²) in [6, 6.07) is 15.7. The SMILES string of the molecule is O=C1NC(N2CCc3ccccc3C2)NC(N[C@@H]2C[C@H](CO)[C@@H](O)[C@H]2O)C1c1nc2ccccc2s1. The normalized spacial score (nSPS) is 33.0. The monoisotopic (exact) mass is 509 g/mol. The number of hydrogen-bond acceptors (Lipinski definition) is 9. The molecule has 2 fully saturated rings. The summed E-state index contributed by atoms with van der Waals surface area (Å²) >= 11 is 1.49. The van der Waals surface area contributed by atoms with Crippen molar-refractivity contribution in [1.29, 1.82) is 0 Å². The Hall–Kier alpha value is -2.44. The van der Waals surface area contributed by atoms with Gasteiger partial charge in [-0.2, -0.15) is 0 Å². The Kier molecular flexibility index (Phi) is 6.51. The predicted octanol–water partition coefficient (Wildman–Crippen LogP) is 0.460. The quantitative estimate of drug-likeness (QED) is 0.293. The molecule has 1 saturated heterocycles. The highest BCUT2D eigenvalue weighted by molar-refractivity contribution is 7.18. The van der Waals surface area contributed by atoms with E-state index in [2.05, 4.69) is 39.0 Å². The number of hydrogen-bond donors (Lipinski definition) is 6. The zero-order valence-electron chi connectivity index (χ0n) is 19.7. The van der Waals surface area contributed by atoms with Crippen LogP contribution >= 0.6 is 11.3 Å². The van der Waals surface area contributed by atoms with Crippen LogP contribution in [-0.2, 0) is 17.8 Å². The molecule has 190 valence electrons. The van der Waals surface area contributed by atoms with Gasteiger partial charge in [0.2, 0.25) is 5.91 Å². The number of aromatic nitrogens is 1. The maximum atomic E-state index is 13.6. The van der Waals surface area contributed by atoms with Gasteiger partial charge in [0.1, 0.15) is 17.2 Å². The number of aliphatic hydroxyl groups excluding tert-OH is 3. The van der Waals surface area contributed by atoms with Crippen LogP contribution in [0, 0.1) is 5.92 Å². The second-order valence-electron chi connectivity index (χ2n) is 9.97. The maximum Gasteiger partial charge on any atom is 0.235 e. The van der Waals surface area contributed by atoms with Crippen molar-refractivity contribution in [2.45, 2.75) is 56.0 Å². The smallest absolute Gasteiger partial charge is 0.235 e. The molecule has 3 aliphatic rings. The van der Waals surface area contributed by atoms with Gasteiger partial charge in [-0.15, -0.1) is 11.3 Å². The molecular weight excluding hydrogens is 478 g/mol. The van der Waals surface area contributed by atoms with Crippen molar-refractivity contribution in [2.75, 3.05) is 13.2 Å². The van der Waals surface area contributed by atoms with E-state index < -0.39 is 42.5 Å². The van der Waals surface area contributed by atoms with Gasteiger partial charge < -0.3 is 20.6 Å². The largest absolute Gasteiger partial charge is 0.396 e. The highest BCUT2D eigenvalue weighted by atomic mass is 32.1. The second-order valence-corrected chi connectivity index (χ2v) is 11.0. The molecule has 0 spiro atoms. The van der Waals surface area contributed by atoms with Gasteiger partial charge in [0.25, 0.3) is 0 Å². The van der Waals surface area contributed by atoms with Gasteiger partial charge in [0, 0.05) is 31.7 Å². The molecule has 1 aromatic heterocycles. The van der Waals surface area contributed by atoms with E-state index in [1.165, 1.54) is 22.5 Å². The first-order chi connectivity index (χ1) is 17.5. The van der Waals surface area contributed by atoms with Crippen molar-refractivity contribution in [3.05, 3.63) is 64.7 Å². The minimum atomic E-state index is -1.04. The summed E-state index contributed by atoms with van der Waals surface area (Å²) in [5, 5.41) is 41.5. The fourth-order valence-electron chi connectivity index (χ4n) is 5.74. The first-order valence-electron chi connectivity index (χ1n) is 12.5. The standard InChI is InChI=1S/C26H31N5O4S/c32-13-16-11-18(22(34)21(16)33)27-23-20(25-28-17-7-3-4-8-19(17)36-25)24(35)30-26(29-23)31-10-9-14-5-1-2-6-15(14)12-31/h1-8,16,18,20-23,26-27,29,32-34H,9-13H2,(H,30,35)/t16-,18-,20?,21-,22+,23?,26?/m1/s1. The van der Waals surface area contributed by atoms with Crippen LogP contribution in [0.2, 0.25) is 0 Å². The number of nitrogens with one attached hydrogen (secondary N) is 3. The molecule has 1 saturated carbocycles. The summed E-state index contributed by atoms with van der Waals surface area (Å²) in [4.78, 5) is 20.6. The van der Waals surface area contributed by atoms with Crippen molar-refractivity contribution in [3.8, 4) is 0 Å². The first kappa shape index (κ1) is 23.9. The van der Waals surface area contributed by atoms with E-state index in [-0.39, 0.29) is 12.5 Å². The van der Waals surface area contributed by atoms with Crippen molar-refractivity contribution in [2.24, 2.45) is 5.92 Å². The average molecular weight is 510 g/mol.